The Labute approximate surface area is 208 Å². The lowest BCUT2D eigenvalue weighted by Crippen LogP contribution is -2.13. The van der Waals surface area contributed by atoms with E-state index < -0.39 is 10.0 Å². The molecule has 36 heavy (non-hydrogen) atoms. The molecule has 1 heterocycles. The summed E-state index contributed by atoms with van der Waals surface area (Å²) < 4.78 is 29.4. The second-order valence-electron chi connectivity index (χ2n) is 8.85. The molecule has 0 saturated heterocycles. The standard InChI is InChI=1S/C30H21N3O2S/c1-19-13-15-21(16-14-19)36(34,35)33-27-12-5-4-10-24(27)29-28(33)17-25(26(18-31)30(29)32)23-11-6-8-20-7-2-3-9-22(20)23/h2-17H,32H2,1H3. The van der Waals surface area contributed by atoms with Crippen LogP contribution in [0.5, 0.6) is 0 Å². The number of aryl methyl sites for hydroxylation is 1. The molecule has 0 atom stereocenters. The van der Waals surface area contributed by atoms with Gasteiger partial charge in [-0.3, -0.25) is 0 Å². The van der Waals surface area contributed by atoms with Crippen molar-refractivity contribution < 1.29 is 8.42 Å². The Bertz CT molecular complexity index is 1970. The number of benzene rings is 5. The molecule has 6 aromatic rings. The first-order valence-corrected chi connectivity index (χ1v) is 12.9. The molecule has 0 aliphatic rings. The molecule has 0 aliphatic carbocycles. The lowest BCUT2D eigenvalue weighted by molar-refractivity contribution is 0.590. The molecule has 0 unspecified atom stereocenters. The predicted molar refractivity (Wildman–Crippen MR) is 145 cm³/mol. The summed E-state index contributed by atoms with van der Waals surface area (Å²) in [6.07, 6.45) is 0. The van der Waals surface area contributed by atoms with Crippen LogP contribution in [0, 0.1) is 18.3 Å². The average Bonchev–Trinajstić information content (AvgIpc) is 3.24. The maximum atomic E-state index is 14.0. The number of nitrogens with zero attached hydrogens (tertiary/aromatic N) is 2. The van der Waals surface area contributed by atoms with Crippen molar-refractivity contribution >= 4 is 48.3 Å². The summed E-state index contributed by atoms with van der Waals surface area (Å²) >= 11 is 0. The molecule has 0 spiro atoms. The van der Waals surface area contributed by atoms with E-state index in [9.17, 15) is 13.7 Å². The Morgan fingerprint density at radius 1 is 0.778 bits per heavy atom. The Morgan fingerprint density at radius 2 is 1.44 bits per heavy atom. The number of fused-ring (bicyclic) bond motifs is 4. The van der Waals surface area contributed by atoms with Crippen molar-refractivity contribution in [2.45, 2.75) is 11.8 Å². The van der Waals surface area contributed by atoms with E-state index >= 15 is 0 Å². The van der Waals surface area contributed by atoms with E-state index in [1.54, 1.807) is 42.5 Å². The van der Waals surface area contributed by atoms with Gasteiger partial charge < -0.3 is 5.73 Å². The highest BCUT2D eigenvalue weighted by Crippen LogP contribution is 2.42. The fraction of sp³-hybridized carbons (Fsp3) is 0.0333. The van der Waals surface area contributed by atoms with Crippen LogP contribution in [0.1, 0.15) is 11.1 Å². The second-order valence-corrected chi connectivity index (χ2v) is 10.6. The minimum Gasteiger partial charge on any atom is -0.397 e. The van der Waals surface area contributed by atoms with Crippen molar-refractivity contribution in [1.82, 2.24) is 3.97 Å². The molecule has 0 saturated carbocycles. The average molecular weight is 488 g/mol. The molecule has 2 N–H and O–H groups in total. The van der Waals surface area contributed by atoms with Crippen LogP contribution in [-0.2, 0) is 10.0 Å². The first-order valence-electron chi connectivity index (χ1n) is 11.5. The molecule has 0 amide bonds. The van der Waals surface area contributed by atoms with Crippen molar-refractivity contribution in [2.24, 2.45) is 0 Å². The minimum absolute atomic E-state index is 0.186. The molecular weight excluding hydrogens is 466 g/mol. The molecule has 5 aromatic carbocycles. The number of hydrogen-bond donors (Lipinski definition) is 1. The number of para-hydroxylation sites is 1. The summed E-state index contributed by atoms with van der Waals surface area (Å²) in [4.78, 5) is 0.186. The van der Waals surface area contributed by atoms with Crippen LogP contribution in [0.2, 0.25) is 0 Å². The fourth-order valence-corrected chi connectivity index (χ4v) is 6.50. The molecule has 0 aliphatic heterocycles. The van der Waals surface area contributed by atoms with Crippen molar-refractivity contribution in [3.63, 3.8) is 0 Å². The van der Waals surface area contributed by atoms with Gasteiger partial charge in [0.1, 0.15) is 6.07 Å². The number of aromatic nitrogens is 1. The molecule has 6 heteroatoms. The smallest absolute Gasteiger partial charge is 0.268 e. The molecule has 5 nitrogen and oxygen atoms in total. The highest BCUT2D eigenvalue weighted by Gasteiger charge is 2.27. The number of hydrogen-bond acceptors (Lipinski definition) is 4. The summed E-state index contributed by atoms with van der Waals surface area (Å²) in [5.41, 5.74) is 10.6. The third kappa shape index (κ3) is 3.10. The number of rotatable bonds is 3. The summed E-state index contributed by atoms with van der Waals surface area (Å²) in [5.74, 6) is 0. The van der Waals surface area contributed by atoms with Gasteiger partial charge in [0.05, 0.1) is 27.2 Å². The quantitative estimate of drug-likeness (QED) is 0.284. The van der Waals surface area contributed by atoms with Gasteiger partial charge in [-0.15, -0.1) is 0 Å². The highest BCUT2D eigenvalue weighted by atomic mass is 32.2. The van der Waals surface area contributed by atoms with E-state index in [0.29, 0.717) is 32.9 Å². The van der Waals surface area contributed by atoms with E-state index in [2.05, 4.69) is 6.07 Å². The van der Waals surface area contributed by atoms with Gasteiger partial charge >= 0.3 is 0 Å². The zero-order valence-corrected chi connectivity index (χ0v) is 20.3. The molecule has 0 bridgehead atoms. The zero-order valence-electron chi connectivity index (χ0n) is 19.4. The van der Waals surface area contributed by atoms with Crippen LogP contribution < -0.4 is 5.73 Å². The van der Waals surface area contributed by atoms with Gasteiger partial charge in [0.2, 0.25) is 0 Å². The monoisotopic (exact) mass is 487 g/mol. The van der Waals surface area contributed by atoms with Crippen LogP contribution in [0.4, 0.5) is 5.69 Å². The van der Waals surface area contributed by atoms with Gasteiger partial charge in [-0.2, -0.15) is 5.26 Å². The molecule has 6 rings (SSSR count). The van der Waals surface area contributed by atoms with Crippen molar-refractivity contribution in [3.05, 3.63) is 108 Å². The van der Waals surface area contributed by atoms with E-state index in [4.69, 9.17) is 5.73 Å². The topological polar surface area (TPSA) is 88.9 Å². The van der Waals surface area contributed by atoms with E-state index in [1.807, 2.05) is 61.5 Å². The second kappa shape index (κ2) is 7.98. The van der Waals surface area contributed by atoms with E-state index in [-0.39, 0.29) is 10.6 Å². The SMILES string of the molecule is Cc1ccc(S(=O)(=O)n2c3ccccc3c3c(N)c(C#N)c(-c4cccc5ccccc45)cc32)cc1. The van der Waals surface area contributed by atoms with Gasteiger partial charge in [0.15, 0.2) is 0 Å². The van der Waals surface area contributed by atoms with Gasteiger partial charge in [0, 0.05) is 16.3 Å². The van der Waals surface area contributed by atoms with Crippen molar-refractivity contribution in [2.75, 3.05) is 5.73 Å². The maximum absolute atomic E-state index is 14.0. The van der Waals surface area contributed by atoms with E-state index in [0.717, 1.165) is 21.9 Å². The van der Waals surface area contributed by atoms with Gasteiger partial charge in [-0.05, 0) is 47.5 Å². The van der Waals surface area contributed by atoms with Gasteiger partial charge in [0.25, 0.3) is 10.0 Å². The van der Waals surface area contributed by atoms with Gasteiger partial charge in [-0.25, -0.2) is 12.4 Å². The Balaban J connectivity index is 1.79. The lowest BCUT2D eigenvalue weighted by Gasteiger charge is -2.14. The summed E-state index contributed by atoms with van der Waals surface area (Å²) in [5, 5.41) is 13.4. The molecule has 1 aromatic heterocycles. The first-order chi connectivity index (χ1) is 17.4. The summed E-state index contributed by atoms with van der Waals surface area (Å²) in [6, 6.07) is 31.9. The Kier molecular flexibility index (Phi) is 4.85. The largest absolute Gasteiger partial charge is 0.397 e. The Hall–Kier alpha value is -4.60. The summed E-state index contributed by atoms with van der Waals surface area (Å²) in [7, 11) is -3.97. The predicted octanol–water partition coefficient (Wildman–Crippen LogP) is 6.61. The summed E-state index contributed by atoms with van der Waals surface area (Å²) in [6.45, 7) is 1.91. The van der Waals surface area contributed by atoms with Crippen LogP contribution in [-0.4, -0.2) is 12.4 Å². The normalized spacial score (nSPS) is 11.8. The highest BCUT2D eigenvalue weighted by molar-refractivity contribution is 7.90. The van der Waals surface area contributed by atoms with E-state index in [1.165, 1.54) is 3.97 Å². The van der Waals surface area contributed by atoms with Crippen LogP contribution >= 0.6 is 0 Å². The van der Waals surface area contributed by atoms with Crippen molar-refractivity contribution in [1.29, 1.82) is 5.26 Å². The number of nitrogen functional groups attached to an aromatic ring is 1. The van der Waals surface area contributed by atoms with Crippen LogP contribution in [0.25, 0.3) is 43.7 Å². The third-order valence-electron chi connectivity index (χ3n) is 6.71. The first kappa shape index (κ1) is 21.9. The molecular formula is C30H21N3O2S. The zero-order chi connectivity index (χ0) is 25.0. The van der Waals surface area contributed by atoms with Gasteiger partial charge in [-0.1, -0.05) is 78.4 Å². The minimum atomic E-state index is -3.97. The number of nitriles is 1. The molecule has 0 radical (unpaired) electrons. The fourth-order valence-electron chi connectivity index (χ4n) is 4.99. The third-order valence-corrected chi connectivity index (χ3v) is 8.45. The lowest BCUT2D eigenvalue weighted by atomic mass is 9.92. The van der Waals surface area contributed by atoms with Crippen LogP contribution in [0.15, 0.2) is 102 Å². The molecule has 174 valence electrons. The van der Waals surface area contributed by atoms with Crippen molar-refractivity contribution in [3.8, 4) is 17.2 Å². The molecule has 0 fully saturated rings. The number of anilines is 1. The van der Waals surface area contributed by atoms with Crippen LogP contribution in [0.3, 0.4) is 0 Å². The number of nitrogens with two attached hydrogens (primary N) is 1. The Morgan fingerprint density at radius 3 is 2.19 bits per heavy atom. The maximum Gasteiger partial charge on any atom is 0.268 e.